The van der Waals surface area contributed by atoms with E-state index in [1.165, 1.54) is 16.9 Å². The van der Waals surface area contributed by atoms with Crippen molar-refractivity contribution in [2.75, 3.05) is 44.7 Å². The Labute approximate surface area is 143 Å². The maximum absolute atomic E-state index is 12.6. The Kier molecular flexibility index (Phi) is 5.17. The van der Waals surface area contributed by atoms with Gasteiger partial charge in [-0.05, 0) is 31.6 Å². The summed E-state index contributed by atoms with van der Waals surface area (Å²) in [6, 6.07) is 8.68. The van der Waals surface area contributed by atoms with E-state index in [9.17, 15) is 4.79 Å². The van der Waals surface area contributed by atoms with E-state index >= 15 is 0 Å². The minimum atomic E-state index is -0.110. The fourth-order valence-electron chi connectivity index (χ4n) is 3.16. The van der Waals surface area contributed by atoms with Gasteiger partial charge in [-0.15, -0.1) is 0 Å². The van der Waals surface area contributed by atoms with Crippen molar-refractivity contribution >= 4 is 17.8 Å². The predicted octanol–water partition coefficient (Wildman–Crippen LogP) is 2.67. The summed E-state index contributed by atoms with van der Waals surface area (Å²) >= 11 is 1.88. The summed E-state index contributed by atoms with van der Waals surface area (Å²) in [7, 11) is 0. The molecule has 0 aromatic heterocycles. The number of carbonyl (C=O) groups excluding carboxylic acids is 1. The lowest BCUT2D eigenvalue weighted by Crippen LogP contribution is -2.53. The molecule has 1 aromatic rings. The molecular weight excluding hydrogens is 306 g/mol. The standard InChI is InChI=1S/C18H27N3OS/c1-15-3-5-16(6-4-15)18(7-8-18)19-17(22)21-11-9-20(10-12-21)13-14-23-2/h3-6H,7-14H2,1-2H3,(H,19,22). The molecule has 2 aliphatic rings. The zero-order chi connectivity index (χ0) is 16.3. The van der Waals surface area contributed by atoms with E-state index in [1.54, 1.807) is 0 Å². The van der Waals surface area contributed by atoms with Gasteiger partial charge in [-0.1, -0.05) is 29.8 Å². The first kappa shape index (κ1) is 16.7. The third-order valence-corrected chi connectivity index (χ3v) is 5.56. The van der Waals surface area contributed by atoms with Gasteiger partial charge < -0.3 is 10.2 Å². The second-order valence-electron chi connectivity index (χ2n) is 6.70. The molecule has 3 rings (SSSR count). The van der Waals surface area contributed by atoms with Crippen LogP contribution in [0.15, 0.2) is 24.3 Å². The van der Waals surface area contributed by atoms with Gasteiger partial charge in [0, 0.05) is 38.5 Å². The molecule has 2 amide bonds. The van der Waals surface area contributed by atoms with Crippen LogP contribution in [-0.4, -0.2) is 60.6 Å². The number of nitrogens with zero attached hydrogens (tertiary/aromatic N) is 2. The number of benzene rings is 1. The lowest BCUT2D eigenvalue weighted by atomic mass is 10.0. The molecule has 0 atom stereocenters. The number of amides is 2. The van der Waals surface area contributed by atoms with E-state index in [1.807, 2.05) is 16.7 Å². The van der Waals surface area contributed by atoms with Gasteiger partial charge in [0.25, 0.3) is 0 Å². The third kappa shape index (κ3) is 4.01. The molecule has 1 saturated carbocycles. The van der Waals surface area contributed by atoms with Crippen molar-refractivity contribution in [2.45, 2.75) is 25.3 Å². The van der Waals surface area contributed by atoms with Gasteiger partial charge in [0.1, 0.15) is 0 Å². The highest BCUT2D eigenvalue weighted by Gasteiger charge is 2.46. The third-order valence-electron chi connectivity index (χ3n) is 4.97. The van der Waals surface area contributed by atoms with E-state index in [0.29, 0.717) is 0 Å². The zero-order valence-corrected chi connectivity index (χ0v) is 15.0. The molecule has 5 heteroatoms. The van der Waals surface area contributed by atoms with Gasteiger partial charge >= 0.3 is 6.03 Å². The summed E-state index contributed by atoms with van der Waals surface area (Å²) in [6.07, 6.45) is 4.24. The van der Waals surface area contributed by atoms with E-state index < -0.39 is 0 Å². The first-order chi connectivity index (χ1) is 11.1. The van der Waals surface area contributed by atoms with Crippen molar-refractivity contribution in [2.24, 2.45) is 0 Å². The molecule has 0 unspecified atom stereocenters. The molecule has 1 N–H and O–H groups in total. The summed E-state index contributed by atoms with van der Waals surface area (Å²) < 4.78 is 0. The number of hydrogen-bond donors (Lipinski definition) is 1. The number of urea groups is 1. The van der Waals surface area contributed by atoms with Crippen LogP contribution in [0, 0.1) is 6.92 Å². The minimum Gasteiger partial charge on any atom is -0.328 e. The highest BCUT2D eigenvalue weighted by atomic mass is 32.2. The fourth-order valence-corrected chi connectivity index (χ4v) is 3.60. The second-order valence-corrected chi connectivity index (χ2v) is 7.69. The number of thioether (sulfide) groups is 1. The Morgan fingerprint density at radius 2 is 1.83 bits per heavy atom. The van der Waals surface area contributed by atoms with Crippen LogP contribution >= 0.6 is 11.8 Å². The number of hydrogen-bond acceptors (Lipinski definition) is 3. The maximum atomic E-state index is 12.6. The van der Waals surface area contributed by atoms with Gasteiger partial charge in [-0.3, -0.25) is 4.90 Å². The van der Waals surface area contributed by atoms with Crippen LogP contribution in [-0.2, 0) is 5.54 Å². The SMILES string of the molecule is CSCCN1CCN(C(=O)NC2(c3ccc(C)cc3)CC2)CC1. The number of nitrogens with one attached hydrogen (secondary N) is 1. The molecule has 2 fully saturated rings. The molecule has 1 aliphatic carbocycles. The van der Waals surface area contributed by atoms with Crippen LogP contribution in [0.2, 0.25) is 0 Å². The quantitative estimate of drug-likeness (QED) is 0.900. The topological polar surface area (TPSA) is 35.6 Å². The van der Waals surface area contributed by atoms with E-state index in [-0.39, 0.29) is 11.6 Å². The van der Waals surface area contributed by atoms with Crippen LogP contribution in [0.4, 0.5) is 4.79 Å². The number of piperazine rings is 1. The van der Waals surface area contributed by atoms with Gasteiger partial charge in [-0.25, -0.2) is 4.79 Å². The molecule has 1 saturated heterocycles. The predicted molar refractivity (Wildman–Crippen MR) is 97.0 cm³/mol. The monoisotopic (exact) mass is 333 g/mol. The molecule has 126 valence electrons. The van der Waals surface area contributed by atoms with Crippen molar-refractivity contribution < 1.29 is 4.79 Å². The number of carbonyl (C=O) groups is 1. The average Bonchev–Trinajstić information content (AvgIpc) is 3.34. The highest BCUT2D eigenvalue weighted by molar-refractivity contribution is 7.98. The number of aryl methyl sites for hydroxylation is 1. The van der Waals surface area contributed by atoms with Crippen LogP contribution in [0.3, 0.4) is 0 Å². The molecule has 1 heterocycles. The molecule has 1 aromatic carbocycles. The van der Waals surface area contributed by atoms with Crippen molar-refractivity contribution in [3.63, 3.8) is 0 Å². The Bertz CT molecular complexity index is 534. The Morgan fingerprint density at radius 3 is 2.39 bits per heavy atom. The smallest absolute Gasteiger partial charge is 0.318 e. The van der Waals surface area contributed by atoms with Gasteiger partial charge in [0.15, 0.2) is 0 Å². The summed E-state index contributed by atoms with van der Waals surface area (Å²) in [6.45, 7) is 6.88. The van der Waals surface area contributed by atoms with Crippen molar-refractivity contribution in [1.29, 1.82) is 0 Å². The van der Waals surface area contributed by atoms with E-state index in [0.717, 1.165) is 45.6 Å². The zero-order valence-electron chi connectivity index (χ0n) is 14.2. The van der Waals surface area contributed by atoms with E-state index in [4.69, 9.17) is 0 Å². The van der Waals surface area contributed by atoms with Gasteiger partial charge in [0.05, 0.1) is 5.54 Å². The number of rotatable bonds is 5. The fraction of sp³-hybridized carbons (Fsp3) is 0.611. The van der Waals surface area contributed by atoms with Crippen LogP contribution in [0.25, 0.3) is 0 Å². The van der Waals surface area contributed by atoms with Crippen LogP contribution < -0.4 is 5.32 Å². The van der Waals surface area contributed by atoms with Gasteiger partial charge in [-0.2, -0.15) is 11.8 Å². The largest absolute Gasteiger partial charge is 0.328 e. The van der Waals surface area contributed by atoms with Crippen molar-refractivity contribution in [3.8, 4) is 0 Å². The summed E-state index contributed by atoms with van der Waals surface area (Å²) in [5.74, 6) is 1.17. The molecule has 0 spiro atoms. The molecule has 1 aliphatic heterocycles. The Hall–Kier alpha value is -1.20. The lowest BCUT2D eigenvalue weighted by Gasteiger charge is -2.35. The Balaban J connectivity index is 1.53. The summed E-state index contributed by atoms with van der Waals surface area (Å²) in [4.78, 5) is 17.0. The van der Waals surface area contributed by atoms with Crippen LogP contribution in [0.1, 0.15) is 24.0 Å². The average molecular weight is 334 g/mol. The normalized spacial score (nSPS) is 20.3. The van der Waals surface area contributed by atoms with E-state index in [2.05, 4.69) is 47.7 Å². The lowest BCUT2D eigenvalue weighted by molar-refractivity contribution is 0.140. The maximum Gasteiger partial charge on any atom is 0.318 e. The van der Waals surface area contributed by atoms with Crippen LogP contribution in [0.5, 0.6) is 0 Å². The molecule has 23 heavy (non-hydrogen) atoms. The summed E-state index contributed by atoms with van der Waals surface area (Å²) in [5.41, 5.74) is 2.40. The minimum absolute atomic E-state index is 0.104. The molecule has 0 radical (unpaired) electrons. The summed E-state index contributed by atoms with van der Waals surface area (Å²) in [5, 5.41) is 3.30. The van der Waals surface area contributed by atoms with Gasteiger partial charge in [0.2, 0.25) is 0 Å². The second kappa shape index (κ2) is 7.14. The highest BCUT2D eigenvalue weighted by Crippen LogP contribution is 2.45. The molecule has 0 bridgehead atoms. The first-order valence-electron chi connectivity index (χ1n) is 8.48. The van der Waals surface area contributed by atoms with Crippen molar-refractivity contribution in [3.05, 3.63) is 35.4 Å². The first-order valence-corrected chi connectivity index (χ1v) is 9.88. The van der Waals surface area contributed by atoms with Crippen molar-refractivity contribution in [1.82, 2.24) is 15.1 Å². The Morgan fingerprint density at radius 1 is 1.17 bits per heavy atom. The molecular formula is C18H27N3OS. The molecule has 4 nitrogen and oxygen atoms in total.